The zero-order valence-corrected chi connectivity index (χ0v) is 22.7. The van der Waals surface area contributed by atoms with Crippen LogP contribution < -0.4 is 15.1 Å². The SMILES string of the molecule is CCCNC(C)C(=O)N1CC(C)N(C(C)=O)c2ccc(C3C4=C5CCC(=C3CC4)C5S(C)(=O)=O)cc21. The van der Waals surface area contributed by atoms with Crippen molar-refractivity contribution in [2.75, 3.05) is 29.1 Å². The molecule has 194 valence electrons. The molecular formula is C28H37N3O4S. The highest BCUT2D eigenvalue weighted by molar-refractivity contribution is 7.91. The van der Waals surface area contributed by atoms with E-state index in [1.165, 1.54) is 17.4 Å². The Labute approximate surface area is 214 Å². The van der Waals surface area contributed by atoms with Crippen LogP contribution in [-0.4, -0.2) is 56.9 Å². The summed E-state index contributed by atoms with van der Waals surface area (Å²) in [5, 5.41) is 2.87. The average molecular weight is 512 g/mol. The molecule has 7 nitrogen and oxygen atoms in total. The van der Waals surface area contributed by atoms with Crippen molar-refractivity contribution in [3.8, 4) is 0 Å². The number of carbonyl (C=O) groups excluding carboxylic acids is 2. The largest absolute Gasteiger partial charge is 0.307 e. The molecular weight excluding hydrogens is 474 g/mol. The summed E-state index contributed by atoms with van der Waals surface area (Å²) in [7, 11) is -3.19. The van der Waals surface area contributed by atoms with E-state index in [9.17, 15) is 18.0 Å². The van der Waals surface area contributed by atoms with Crippen LogP contribution in [-0.2, 0) is 19.4 Å². The molecule has 2 saturated carbocycles. The maximum Gasteiger partial charge on any atom is 0.243 e. The number of amides is 2. The highest BCUT2D eigenvalue weighted by Crippen LogP contribution is 2.58. The van der Waals surface area contributed by atoms with Crippen LogP contribution in [0.2, 0.25) is 0 Å². The fraction of sp³-hybridized carbons (Fsp3) is 0.571. The minimum atomic E-state index is -3.19. The molecule has 0 aromatic heterocycles. The minimum Gasteiger partial charge on any atom is -0.307 e. The average Bonchev–Trinajstić information content (AvgIpc) is 3.37. The number of hydrogen-bond donors (Lipinski definition) is 1. The number of nitrogens with zero attached hydrogens (tertiary/aromatic N) is 2. The Morgan fingerprint density at radius 2 is 1.67 bits per heavy atom. The predicted octanol–water partition coefficient (Wildman–Crippen LogP) is 3.85. The predicted molar refractivity (Wildman–Crippen MR) is 143 cm³/mol. The second-order valence-corrected chi connectivity index (χ2v) is 13.0. The molecule has 1 aromatic rings. The molecule has 8 heteroatoms. The summed E-state index contributed by atoms with van der Waals surface area (Å²) < 4.78 is 25.3. The van der Waals surface area contributed by atoms with Crippen LogP contribution in [0.5, 0.6) is 0 Å². The standard InChI is InChI=1S/C28H37N3O4S/c1-6-13-29-17(3)28(33)30-15-16(2)31(18(4)32)24-12-7-19(14-25(24)30)26-20-8-9-21(26)23-11-10-22(20)27(23)36(5,34)35/h7,12,14,16-17,26-27,29H,6,8-11,13,15H2,1-5H3. The Kier molecular flexibility index (Phi) is 6.40. The molecule has 0 saturated heterocycles. The molecule has 1 aliphatic heterocycles. The van der Waals surface area contributed by atoms with Crippen LogP contribution >= 0.6 is 0 Å². The van der Waals surface area contributed by atoms with Gasteiger partial charge in [0.1, 0.15) is 5.25 Å². The summed E-state index contributed by atoms with van der Waals surface area (Å²) in [6.45, 7) is 8.72. The van der Waals surface area contributed by atoms with Crippen LogP contribution in [0.25, 0.3) is 0 Å². The van der Waals surface area contributed by atoms with E-state index >= 15 is 0 Å². The Morgan fingerprint density at radius 1 is 1.06 bits per heavy atom. The van der Waals surface area contributed by atoms with Crippen LogP contribution in [0.1, 0.15) is 71.3 Å². The van der Waals surface area contributed by atoms with E-state index in [4.69, 9.17) is 0 Å². The first-order valence-corrected chi connectivity index (χ1v) is 15.1. The van der Waals surface area contributed by atoms with E-state index in [0.717, 1.165) is 66.7 Å². The lowest BCUT2D eigenvalue weighted by Crippen LogP contribution is -2.55. The van der Waals surface area contributed by atoms with Crippen molar-refractivity contribution in [1.29, 1.82) is 0 Å². The van der Waals surface area contributed by atoms with E-state index in [-0.39, 0.29) is 29.8 Å². The number of rotatable bonds is 6. The first-order chi connectivity index (χ1) is 17.0. The van der Waals surface area contributed by atoms with Gasteiger partial charge in [0.2, 0.25) is 11.8 Å². The second-order valence-electron chi connectivity index (χ2n) is 10.9. The van der Waals surface area contributed by atoms with Crippen molar-refractivity contribution in [2.24, 2.45) is 0 Å². The van der Waals surface area contributed by atoms with Gasteiger partial charge in [-0.3, -0.25) is 9.59 Å². The fourth-order valence-electron chi connectivity index (χ4n) is 6.97. The number of hydrogen-bond acceptors (Lipinski definition) is 5. The van der Waals surface area contributed by atoms with Crippen molar-refractivity contribution < 1.29 is 18.0 Å². The van der Waals surface area contributed by atoms with Crippen LogP contribution in [0, 0.1) is 0 Å². The van der Waals surface area contributed by atoms with Gasteiger partial charge in [0.25, 0.3) is 0 Å². The molecule has 1 N–H and O–H groups in total. The first kappa shape index (κ1) is 25.2. The molecule has 2 atom stereocenters. The lowest BCUT2D eigenvalue weighted by atomic mass is 9.82. The van der Waals surface area contributed by atoms with E-state index in [1.807, 2.05) is 24.8 Å². The quantitative estimate of drug-likeness (QED) is 0.586. The number of carbonyl (C=O) groups is 2. The second kappa shape index (κ2) is 9.14. The normalized spacial score (nSPS) is 26.0. The molecule has 2 amide bonds. The van der Waals surface area contributed by atoms with E-state index in [2.05, 4.69) is 24.4 Å². The third-order valence-electron chi connectivity index (χ3n) is 8.36. The lowest BCUT2D eigenvalue weighted by Gasteiger charge is -2.42. The van der Waals surface area contributed by atoms with Gasteiger partial charge in [0, 0.05) is 25.6 Å². The third-order valence-corrected chi connectivity index (χ3v) is 9.78. The van der Waals surface area contributed by atoms with Gasteiger partial charge >= 0.3 is 0 Å². The van der Waals surface area contributed by atoms with E-state index < -0.39 is 15.1 Å². The molecule has 4 bridgehead atoms. The molecule has 36 heavy (non-hydrogen) atoms. The minimum absolute atomic E-state index is 0.00443. The molecule has 1 aromatic carbocycles. The Morgan fingerprint density at radius 3 is 2.22 bits per heavy atom. The van der Waals surface area contributed by atoms with Crippen molar-refractivity contribution in [2.45, 2.75) is 83.1 Å². The van der Waals surface area contributed by atoms with E-state index in [1.54, 1.807) is 11.8 Å². The highest BCUT2D eigenvalue weighted by atomic mass is 32.2. The summed E-state index contributed by atoms with van der Waals surface area (Å²) in [5.41, 5.74) is 7.32. The number of fused-ring (bicyclic) bond motifs is 5. The van der Waals surface area contributed by atoms with Crippen LogP contribution in [0.3, 0.4) is 0 Å². The van der Waals surface area contributed by atoms with Gasteiger partial charge < -0.3 is 15.1 Å². The number of allylic oxidation sites excluding steroid dienone is 2. The lowest BCUT2D eigenvalue weighted by molar-refractivity contribution is -0.121. The molecule has 0 radical (unpaired) electrons. The highest BCUT2D eigenvalue weighted by Gasteiger charge is 2.47. The number of nitrogens with one attached hydrogen (secondary N) is 1. The van der Waals surface area contributed by atoms with Gasteiger partial charge in [0.15, 0.2) is 9.84 Å². The van der Waals surface area contributed by atoms with Crippen molar-refractivity contribution in [3.63, 3.8) is 0 Å². The summed E-state index contributed by atoms with van der Waals surface area (Å²) >= 11 is 0. The first-order valence-electron chi connectivity index (χ1n) is 13.2. The van der Waals surface area contributed by atoms with Gasteiger partial charge in [-0.05, 0) is 81.3 Å². The van der Waals surface area contributed by atoms with Crippen molar-refractivity contribution >= 4 is 33.0 Å². The van der Waals surface area contributed by atoms with Gasteiger partial charge in [0.05, 0.1) is 23.5 Å². The topological polar surface area (TPSA) is 86.8 Å². The third kappa shape index (κ3) is 3.93. The monoisotopic (exact) mass is 511 g/mol. The Bertz CT molecular complexity index is 1270. The fourth-order valence-corrected chi connectivity index (χ4v) is 8.54. The van der Waals surface area contributed by atoms with Gasteiger partial charge in [-0.25, -0.2) is 8.42 Å². The molecule has 2 unspecified atom stereocenters. The zero-order valence-electron chi connectivity index (χ0n) is 21.9. The number of sulfone groups is 1. The maximum atomic E-state index is 13.6. The number of anilines is 2. The van der Waals surface area contributed by atoms with Crippen LogP contribution in [0.15, 0.2) is 40.5 Å². The van der Waals surface area contributed by atoms with Crippen molar-refractivity contribution in [3.05, 3.63) is 46.1 Å². The number of benzene rings is 1. The molecule has 5 rings (SSSR count). The van der Waals surface area contributed by atoms with Gasteiger partial charge in [-0.2, -0.15) is 0 Å². The zero-order chi connectivity index (χ0) is 25.9. The molecule has 3 aliphatic carbocycles. The van der Waals surface area contributed by atoms with Crippen molar-refractivity contribution in [1.82, 2.24) is 5.32 Å². The summed E-state index contributed by atoms with van der Waals surface area (Å²) in [4.78, 5) is 29.8. The molecule has 1 heterocycles. The summed E-state index contributed by atoms with van der Waals surface area (Å²) in [6, 6.07) is 5.68. The summed E-state index contributed by atoms with van der Waals surface area (Å²) in [5.74, 6) is 0.0469. The summed E-state index contributed by atoms with van der Waals surface area (Å²) in [6.07, 6.45) is 5.76. The van der Waals surface area contributed by atoms with Gasteiger partial charge in [-0.15, -0.1) is 0 Å². The molecule has 4 aliphatic rings. The van der Waals surface area contributed by atoms with Gasteiger partial charge in [-0.1, -0.05) is 24.1 Å². The smallest absolute Gasteiger partial charge is 0.243 e. The van der Waals surface area contributed by atoms with E-state index in [0.29, 0.717) is 6.54 Å². The van der Waals surface area contributed by atoms with Crippen LogP contribution in [0.4, 0.5) is 11.4 Å². The Balaban J connectivity index is 1.59. The Hall–Kier alpha value is -2.45. The molecule has 0 spiro atoms. The molecule has 2 fully saturated rings. The maximum absolute atomic E-state index is 13.6.